The number of carboxylic acids is 1. The third-order valence-electron chi connectivity index (χ3n) is 3.92. The molecule has 116 valence electrons. The van der Waals surface area contributed by atoms with Crippen molar-refractivity contribution >= 4 is 12.0 Å². The molecule has 0 radical (unpaired) electrons. The van der Waals surface area contributed by atoms with Crippen molar-refractivity contribution < 1.29 is 14.7 Å². The molecule has 1 fully saturated rings. The Hall–Kier alpha value is -1.26. The van der Waals surface area contributed by atoms with Gasteiger partial charge in [-0.2, -0.15) is 0 Å². The lowest BCUT2D eigenvalue weighted by Crippen LogP contribution is -2.53. The number of carbonyl (C=O) groups is 2. The molecule has 1 N–H and O–H groups in total. The minimum absolute atomic E-state index is 0.189. The molecule has 1 aliphatic rings. The number of carboxylic acid groups (broad SMARTS) is 1. The van der Waals surface area contributed by atoms with Gasteiger partial charge in [-0.1, -0.05) is 19.3 Å². The summed E-state index contributed by atoms with van der Waals surface area (Å²) in [5.74, 6) is -0.413. The molecule has 1 aliphatic carbocycles. The van der Waals surface area contributed by atoms with Gasteiger partial charge in [-0.15, -0.1) is 0 Å². The second-order valence-electron chi connectivity index (χ2n) is 6.82. The molecule has 0 aliphatic heterocycles. The van der Waals surface area contributed by atoms with Gasteiger partial charge in [0.2, 0.25) is 0 Å². The van der Waals surface area contributed by atoms with Crippen LogP contribution in [-0.2, 0) is 4.79 Å². The van der Waals surface area contributed by atoms with Crippen LogP contribution in [0.25, 0.3) is 0 Å². The molecule has 0 aromatic carbocycles. The predicted molar refractivity (Wildman–Crippen MR) is 78.7 cm³/mol. The second kappa shape index (κ2) is 6.95. The Bertz CT molecular complexity index is 344. The molecular weight excluding hydrogens is 256 g/mol. The summed E-state index contributed by atoms with van der Waals surface area (Å²) < 4.78 is 0. The Balaban J connectivity index is 2.65. The smallest absolute Gasteiger partial charge is 0.323 e. The van der Waals surface area contributed by atoms with Crippen LogP contribution in [0, 0.1) is 5.92 Å². The van der Waals surface area contributed by atoms with E-state index in [9.17, 15) is 9.59 Å². The van der Waals surface area contributed by atoms with Gasteiger partial charge in [-0.3, -0.25) is 4.79 Å². The maximum absolute atomic E-state index is 12.5. The van der Waals surface area contributed by atoms with E-state index < -0.39 is 11.5 Å². The fourth-order valence-electron chi connectivity index (χ4n) is 2.77. The summed E-state index contributed by atoms with van der Waals surface area (Å²) in [6.07, 6.45) is 6.12. The van der Waals surface area contributed by atoms with E-state index in [4.69, 9.17) is 5.11 Å². The minimum atomic E-state index is -0.973. The van der Waals surface area contributed by atoms with Crippen molar-refractivity contribution in [3.8, 4) is 0 Å². The van der Waals surface area contributed by atoms with E-state index in [0.717, 1.165) is 6.54 Å². The molecule has 0 unspecified atom stereocenters. The van der Waals surface area contributed by atoms with Crippen LogP contribution in [0.2, 0.25) is 0 Å². The maximum atomic E-state index is 12.5. The number of urea groups is 1. The summed E-state index contributed by atoms with van der Waals surface area (Å²) >= 11 is 0. The van der Waals surface area contributed by atoms with Gasteiger partial charge in [-0.05, 0) is 39.5 Å². The normalized spacial score (nSPS) is 16.8. The van der Waals surface area contributed by atoms with Gasteiger partial charge < -0.3 is 14.9 Å². The first-order valence-corrected chi connectivity index (χ1v) is 7.46. The van der Waals surface area contributed by atoms with Crippen molar-refractivity contribution in [1.82, 2.24) is 9.80 Å². The first kappa shape index (κ1) is 16.8. The average molecular weight is 284 g/mol. The van der Waals surface area contributed by atoms with E-state index in [2.05, 4.69) is 0 Å². The number of carbonyl (C=O) groups excluding carboxylic acids is 1. The third-order valence-corrected chi connectivity index (χ3v) is 3.92. The van der Waals surface area contributed by atoms with Crippen molar-refractivity contribution in [3.63, 3.8) is 0 Å². The first-order chi connectivity index (χ1) is 9.21. The fourth-order valence-corrected chi connectivity index (χ4v) is 2.77. The molecule has 0 heterocycles. The Morgan fingerprint density at radius 3 is 2.15 bits per heavy atom. The molecule has 0 atom stereocenters. The highest BCUT2D eigenvalue weighted by molar-refractivity contribution is 5.80. The predicted octanol–water partition coefficient (Wildman–Crippen LogP) is 2.80. The van der Waals surface area contributed by atoms with E-state index in [1.807, 2.05) is 20.8 Å². The van der Waals surface area contributed by atoms with Crippen LogP contribution in [0.5, 0.6) is 0 Å². The van der Waals surface area contributed by atoms with Crippen molar-refractivity contribution in [3.05, 3.63) is 0 Å². The molecule has 20 heavy (non-hydrogen) atoms. The summed E-state index contributed by atoms with van der Waals surface area (Å²) in [5, 5.41) is 8.99. The van der Waals surface area contributed by atoms with Gasteiger partial charge in [0.25, 0.3) is 0 Å². The van der Waals surface area contributed by atoms with Gasteiger partial charge in [0.05, 0.1) is 0 Å². The SMILES string of the molecule is CN(CC1CCCCC1)C(=O)N(CC(=O)O)C(C)(C)C. The van der Waals surface area contributed by atoms with Crippen LogP contribution in [0.3, 0.4) is 0 Å². The van der Waals surface area contributed by atoms with Crippen molar-refractivity contribution in [2.24, 2.45) is 5.92 Å². The lowest BCUT2D eigenvalue weighted by atomic mass is 9.89. The Morgan fingerprint density at radius 2 is 1.70 bits per heavy atom. The molecule has 0 spiro atoms. The fraction of sp³-hybridized carbons (Fsp3) is 0.867. The lowest BCUT2D eigenvalue weighted by Gasteiger charge is -2.38. The van der Waals surface area contributed by atoms with E-state index in [0.29, 0.717) is 5.92 Å². The van der Waals surface area contributed by atoms with Crippen LogP contribution in [0.15, 0.2) is 0 Å². The second-order valence-corrected chi connectivity index (χ2v) is 6.82. The van der Waals surface area contributed by atoms with Crippen LogP contribution >= 0.6 is 0 Å². The highest BCUT2D eigenvalue weighted by Crippen LogP contribution is 2.25. The van der Waals surface area contributed by atoms with Gasteiger partial charge in [0.15, 0.2) is 0 Å². The van der Waals surface area contributed by atoms with Gasteiger partial charge >= 0.3 is 12.0 Å². The molecule has 0 aromatic heterocycles. The van der Waals surface area contributed by atoms with E-state index in [1.54, 1.807) is 11.9 Å². The standard InChI is InChI=1S/C15H28N2O3/c1-15(2,3)17(11-13(18)19)14(20)16(4)10-12-8-6-5-7-9-12/h12H,5-11H2,1-4H3,(H,18,19). The number of nitrogens with zero attached hydrogens (tertiary/aromatic N) is 2. The highest BCUT2D eigenvalue weighted by Gasteiger charge is 2.31. The van der Waals surface area contributed by atoms with Gasteiger partial charge in [0.1, 0.15) is 6.54 Å². The maximum Gasteiger partial charge on any atom is 0.323 e. The van der Waals surface area contributed by atoms with Gasteiger partial charge in [0, 0.05) is 19.1 Å². The molecule has 0 bridgehead atoms. The summed E-state index contributed by atoms with van der Waals surface area (Å²) in [6.45, 7) is 6.06. The summed E-state index contributed by atoms with van der Waals surface area (Å²) in [6, 6.07) is -0.189. The zero-order valence-corrected chi connectivity index (χ0v) is 13.2. The summed E-state index contributed by atoms with van der Waals surface area (Å²) in [4.78, 5) is 26.6. The van der Waals surface area contributed by atoms with Crippen LogP contribution < -0.4 is 0 Å². The van der Waals surface area contributed by atoms with E-state index in [1.165, 1.54) is 37.0 Å². The molecule has 0 saturated heterocycles. The quantitative estimate of drug-likeness (QED) is 0.863. The van der Waals surface area contributed by atoms with Crippen molar-refractivity contribution in [2.45, 2.75) is 58.4 Å². The van der Waals surface area contributed by atoms with E-state index >= 15 is 0 Å². The van der Waals surface area contributed by atoms with Crippen LogP contribution in [-0.4, -0.2) is 52.6 Å². The number of aliphatic carboxylic acids is 1. The van der Waals surface area contributed by atoms with Crippen molar-refractivity contribution in [2.75, 3.05) is 20.1 Å². The first-order valence-electron chi connectivity index (χ1n) is 7.46. The highest BCUT2D eigenvalue weighted by atomic mass is 16.4. The summed E-state index contributed by atoms with van der Waals surface area (Å²) in [5.41, 5.74) is -0.490. The zero-order valence-electron chi connectivity index (χ0n) is 13.2. The molecule has 5 heteroatoms. The Kier molecular flexibility index (Phi) is 5.84. The average Bonchev–Trinajstić information content (AvgIpc) is 2.34. The molecule has 5 nitrogen and oxygen atoms in total. The topological polar surface area (TPSA) is 60.9 Å². The molecule has 1 rings (SSSR count). The molecule has 2 amide bonds. The van der Waals surface area contributed by atoms with Gasteiger partial charge in [-0.25, -0.2) is 4.79 Å². The van der Waals surface area contributed by atoms with Crippen LogP contribution in [0.1, 0.15) is 52.9 Å². The molecular formula is C15H28N2O3. The lowest BCUT2D eigenvalue weighted by molar-refractivity contribution is -0.138. The largest absolute Gasteiger partial charge is 0.480 e. The number of rotatable bonds is 4. The number of amides is 2. The molecule has 0 aromatic rings. The van der Waals surface area contributed by atoms with E-state index in [-0.39, 0.29) is 12.6 Å². The summed E-state index contributed by atoms with van der Waals surface area (Å²) in [7, 11) is 1.78. The number of hydrogen-bond donors (Lipinski definition) is 1. The third kappa shape index (κ3) is 5.02. The van der Waals surface area contributed by atoms with Crippen LogP contribution in [0.4, 0.5) is 4.79 Å². The number of hydrogen-bond acceptors (Lipinski definition) is 2. The molecule has 1 saturated carbocycles. The Morgan fingerprint density at radius 1 is 1.15 bits per heavy atom. The van der Waals surface area contributed by atoms with Crippen molar-refractivity contribution in [1.29, 1.82) is 0 Å². The minimum Gasteiger partial charge on any atom is -0.480 e. The Labute approximate surface area is 121 Å². The monoisotopic (exact) mass is 284 g/mol. The zero-order chi connectivity index (χ0) is 15.3.